The van der Waals surface area contributed by atoms with Crippen molar-refractivity contribution in [3.63, 3.8) is 0 Å². The van der Waals surface area contributed by atoms with Crippen molar-refractivity contribution < 1.29 is 9.53 Å². The summed E-state index contributed by atoms with van der Waals surface area (Å²) in [6.07, 6.45) is 2.73. The molecule has 0 aromatic carbocycles. The second-order valence-corrected chi connectivity index (χ2v) is 5.92. The van der Waals surface area contributed by atoms with Gasteiger partial charge in [-0.15, -0.1) is 24.8 Å². The number of nitrogens with two attached hydrogens (primary N) is 1. The summed E-state index contributed by atoms with van der Waals surface area (Å²) in [4.78, 5) is 16.4. The maximum Gasteiger partial charge on any atom is 0.224 e. The first-order valence-corrected chi connectivity index (χ1v) is 7.48. The van der Waals surface area contributed by atoms with Crippen molar-refractivity contribution in [3.8, 4) is 0 Å². The lowest BCUT2D eigenvalue weighted by Gasteiger charge is -2.36. The average Bonchev–Trinajstić information content (AvgIpc) is 2.40. The van der Waals surface area contributed by atoms with E-state index in [9.17, 15) is 4.79 Å². The van der Waals surface area contributed by atoms with E-state index < -0.39 is 0 Å². The summed E-state index contributed by atoms with van der Waals surface area (Å²) in [6.45, 7) is 8.72. The molecule has 0 saturated carbocycles. The number of hydrogen-bond acceptors (Lipinski definition) is 4. The number of hydrogen-bond donors (Lipinski definition) is 1. The molecule has 1 unspecified atom stereocenters. The number of nitrogens with zero attached hydrogens (tertiary/aromatic N) is 2. The quantitative estimate of drug-likeness (QED) is 0.832. The van der Waals surface area contributed by atoms with Crippen molar-refractivity contribution in [1.29, 1.82) is 0 Å². The highest BCUT2D eigenvalue weighted by Crippen LogP contribution is 2.19. The highest BCUT2D eigenvalue weighted by atomic mass is 35.5. The van der Waals surface area contributed by atoms with Crippen LogP contribution in [-0.2, 0) is 9.53 Å². The van der Waals surface area contributed by atoms with Crippen LogP contribution in [0.15, 0.2) is 0 Å². The molecule has 0 aliphatic carbocycles. The molecule has 126 valence electrons. The van der Waals surface area contributed by atoms with Gasteiger partial charge in [0.1, 0.15) is 0 Å². The van der Waals surface area contributed by atoms with E-state index in [1.54, 1.807) is 0 Å². The molecule has 2 rings (SSSR count). The van der Waals surface area contributed by atoms with Crippen molar-refractivity contribution >= 4 is 30.7 Å². The number of halogens is 2. The maximum atomic E-state index is 11.9. The van der Waals surface area contributed by atoms with Crippen LogP contribution >= 0.6 is 24.8 Å². The van der Waals surface area contributed by atoms with Crippen LogP contribution < -0.4 is 5.73 Å². The van der Waals surface area contributed by atoms with Crippen LogP contribution in [0.1, 0.15) is 26.2 Å². The molecule has 2 saturated heterocycles. The first-order valence-electron chi connectivity index (χ1n) is 7.48. The molecule has 1 amide bonds. The fourth-order valence-corrected chi connectivity index (χ4v) is 2.92. The van der Waals surface area contributed by atoms with Crippen molar-refractivity contribution in [2.24, 2.45) is 11.7 Å². The van der Waals surface area contributed by atoms with Crippen LogP contribution in [0.2, 0.25) is 0 Å². The Hall–Kier alpha value is -0.0700. The lowest BCUT2D eigenvalue weighted by Crippen LogP contribution is -2.45. The van der Waals surface area contributed by atoms with Gasteiger partial charge in [-0.1, -0.05) is 0 Å². The van der Waals surface area contributed by atoms with Crippen LogP contribution in [0, 0.1) is 5.92 Å². The van der Waals surface area contributed by atoms with Crippen LogP contribution in [-0.4, -0.2) is 67.7 Å². The number of morpholine rings is 1. The molecule has 0 radical (unpaired) electrons. The number of amides is 1. The van der Waals surface area contributed by atoms with Crippen LogP contribution in [0.5, 0.6) is 0 Å². The van der Waals surface area contributed by atoms with E-state index in [1.807, 2.05) is 11.8 Å². The van der Waals surface area contributed by atoms with Gasteiger partial charge in [0.25, 0.3) is 0 Å². The van der Waals surface area contributed by atoms with Crippen LogP contribution in [0.25, 0.3) is 0 Å². The molecule has 7 heteroatoms. The highest BCUT2D eigenvalue weighted by molar-refractivity contribution is 5.85. The highest BCUT2D eigenvalue weighted by Gasteiger charge is 2.25. The van der Waals surface area contributed by atoms with Gasteiger partial charge < -0.3 is 15.4 Å². The van der Waals surface area contributed by atoms with E-state index in [1.165, 1.54) is 6.54 Å². The molecule has 21 heavy (non-hydrogen) atoms. The zero-order valence-electron chi connectivity index (χ0n) is 12.8. The summed E-state index contributed by atoms with van der Waals surface area (Å²) in [5, 5.41) is 0. The lowest BCUT2D eigenvalue weighted by molar-refractivity contribution is -0.133. The Labute approximate surface area is 140 Å². The Kier molecular flexibility index (Phi) is 10.6. The van der Waals surface area contributed by atoms with Crippen molar-refractivity contribution in [2.45, 2.75) is 32.2 Å². The first-order chi connectivity index (χ1) is 9.15. The lowest BCUT2D eigenvalue weighted by atomic mass is 9.95. The van der Waals surface area contributed by atoms with Crippen molar-refractivity contribution in [1.82, 2.24) is 9.80 Å². The molecular weight excluding hydrogens is 313 g/mol. The predicted octanol–water partition coefficient (Wildman–Crippen LogP) is 1.14. The topological polar surface area (TPSA) is 58.8 Å². The minimum absolute atomic E-state index is 0. The third-order valence-electron chi connectivity index (χ3n) is 4.08. The maximum absolute atomic E-state index is 11.9. The number of piperidine rings is 1. The molecule has 2 aliphatic heterocycles. The van der Waals surface area contributed by atoms with Gasteiger partial charge in [-0.25, -0.2) is 0 Å². The van der Waals surface area contributed by atoms with E-state index in [0.717, 1.165) is 58.2 Å². The first kappa shape index (κ1) is 20.9. The molecule has 0 aromatic rings. The van der Waals surface area contributed by atoms with Crippen LogP contribution in [0.4, 0.5) is 0 Å². The smallest absolute Gasteiger partial charge is 0.224 e. The fourth-order valence-electron chi connectivity index (χ4n) is 2.92. The van der Waals surface area contributed by atoms with E-state index in [-0.39, 0.29) is 36.8 Å². The summed E-state index contributed by atoms with van der Waals surface area (Å²) in [5.41, 5.74) is 5.68. The molecule has 2 aliphatic rings. The van der Waals surface area contributed by atoms with Gasteiger partial charge >= 0.3 is 0 Å². The third kappa shape index (κ3) is 7.15. The summed E-state index contributed by atoms with van der Waals surface area (Å²) < 4.78 is 5.37. The second-order valence-electron chi connectivity index (χ2n) is 5.92. The van der Waals surface area contributed by atoms with E-state index in [0.29, 0.717) is 6.42 Å². The molecule has 0 spiro atoms. The normalized spacial score (nSPS) is 22.1. The Balaban J connectivity index is 0.00000200. The molecule has 1 atom stereocenters. The fraction of sp³-hybridized carbons (Fsp3) is 0.929. The van der Waals surface area contributed by atoms with E-state index in [4.69, 9.17) is 10.5 Å². The minimum Gasteiger partial charge on any atom is -0.379 e. The third-order valence-corrected chi connectivity index (χ3v) is 4.08. The zero-order chi connectivity index (χ0) is 13.7. The van der Waals surface area contributed by atoms with Gasteiger partial charge in [0.2, 0.25) is 5.91 Å². The van der Waals surface area contributed by atoms with Crippen molar-refractivity contribution in [2.75, 3.05) is 45.9 Å². The molecular formula is C14H29Cl2N3O2. The Morgan fingerprint density at radius 3 is 2.29 bits per heavy atom. The van der Waals surface area contributed by atoms with Gasteiger partial charge in [0, 0.05) is 45.2 Å². The monoisotopic (exact) mass is 341 g/mol. The number of rotatable bonds is 4. The largest absolute Gasteiger partial charge is 0.379 e. The molecule has 2 heterocycles. The van der Waals surface area contributed by atoms with Crippen molar-refractivity contribution in [3.05, 3.63) is 0 Å². The zero-order valence-corrected chi connectivity index (χ0v) is 14.5. The molecule has 2 N–H and O–H groups in total. The number of carbonyl (C=O) groups excluding carboxylic acids is 1. The Morgan fingerprint density at radius 2 is 1.76 bits per heavy atom. The summed E-state index contributed by atoms with van der Waals surface area (Å²) in [6, 6.07) is -0.0291. The van der Waals surface area contributed by atoms with Crippen LogP contribution in [0.3, 0.4) is 0 Å². The molecule has 0 aromatic heterocycles. The van der Waals surface area contributed by atoms with Gasteiger partial charge in [-0.2, -0.15) is 0 Å². The van der Waals surface area contributed by atoms with E-state index in [2.05, 4.69) is 4.90 Å². The molecule has 5 nitrogen and oxygen atoms in total. The summed E-state index contributed by atoms with van der Waals surface area (Å²) in [5.74, 6) is 0.956. The van der Waals surface area contributed by atoms with E-state index >= 15 is 0 Å². The Bertz CT molecular complexity index is 292. The van der Waals surface area contributed by atoms with Gasteiger partial charge in [0.15, 0.2) is 0 Å². The second kappa shape index (κ2) is 10.6. The minimum atomic E-state index is -0.0291. The summed E-state index contributed by atoms with van der Waals surface area (Å²) in [7, 11) is 0. The van der Waals surface area contributed by atoms with Gasteiger partial charge in [-0.3, -0.25) is 9.69 Å². The molecule has 0 bridgehead atoms. The SMILES string of the molecule is CC(N)CC(=O)N1CCC(CN2CCOCC2)CC1.Cl.Cl. The average molecular weight is 342 g/mol. The Morgan fingerprint density at radius 1 is 1.19 bits per heavy atom. The predicted molar refractivity (Wildman–Crippen MR) is 89.3 cm³/mol. The number of ether oxygens (including phenoxy) is 1. The van der Waals surface area contributed by atoms with Gasteiger partial charge in [-0.05, 0) is 25.7 Å². The summed E-state index contributed by atoms with van der Waals surface area (Å²) >= 11 is 0. The molecule has 2 fully saturated rings. The number of likely N-dealkylation sites (tertiary alicyclic amines) is 1. The van der Waals surface area contributed by atoms with Gasteiger partial charge in [0.05, 0.1) is 13.2 Å². The number of carbonyl (C=O) groups is 1. The standard InChI is InChI=1S/C14H27N3O2.2ClH/c1-12(15)10-14(18)17-4-2-13(3-5-17)11-16-6-8-19-9-7-16;;/h12-13H,2-11,15H2,1H3;2*1H.